The maximum atomic E-state index is 13.2. The molecule has 1 aliphatic carbocycles. The normalized spacial score (nSPS) is 17.7. The third kappa shape index (κ3) is 4.77. The standard InChI is InChI=1S/C27H27N7O3S/c1-27(12-13-27)25-31-20(24(38-25)28-14-15-36-2)23-33-34-26(37-23)32-21-22(35)29-18-11-7-6-10-17(18)19(30-21)16-8-4-3-5-9-16/h3-11,21,28H,12-15H2,1-2H3,(H,29,35)(H,32,34). The van der Waals surface area contributed by atoms with Crippen LogP contribution in [-0.4, -0.2) is 53.2 Å². The molecule has 3 heterocycles. The maximum absolute atomic E-state index is 13.2. The molecule has 2 aromatic carbocycles. The first-order valence-electron chi connectivity index (χ1n) is 12.4. The van der Waals surface area contributed by atoms with Crippen LogP contribution in [0.1, 0.15) is 35.9 Å². The number of nitrogens with zero attached hydrogens (tertiary/aromatic N) is 4. The number of anilines is 3. The van der Waals surface area contributed by atoms with Gasteiger partial charge in [-0.25, -0.2) is 9.98 Å². The quantitative estimate of drug-likeness (QED) is 0.270. The third-order valence-corrected chi connectivity index (χ3v) is 7.94. The van der Waals surface area contributed by atoms with Gasteiger partial charge in [0.15, 0.2) is 5.69 Å². The molecule has 10 nitrogen and oxygen atoms in total. The summed E-state index contributed by atoms with van der Waals surface area (Å²) in [5, 5.41) is 19.6. The lowest BCUT2D eigenvalue weighted by Gasteiger charge is -2.11. The van der Waals surface area contributed by atoms with E-state index in [1.54, 1.807) is 18.4 Å². The van der Waals surface area contributed by atoms with Gasteiger partial charge in [-0.1, -0.05) is 60.6 Å². The molecule has 1 atom stereocenters. The summed E-state index contributed by atoms with van der Waals surface area (Å²) in [5.74, 6) is -0.0635. The molecular weight excluding hydrogens is 502 g/mol. The molecule has 194 valence electrons. The Hall–Kier alpha value is -4.09. The fourth-order valence-electron chi connectivity index (χ4n) is 4.19. The van der Waals surface area contributed by atoms with Gasteiger partial charge in [0.1, 0.15) is 10.0 Å². The molecule has 1 fully saturated rings. The van der Waals surface area contributed by atoms with Crippen molar-refractivity contribution in [2.45, 2.75) is 31.3 Å². The number of para-hydroxylation sites is 1. The summed E-state index contributed by atoms with van der Waals surface area (Å²) in [7, 11) is 1.66. The lowest BCUT2D eigenvalue weighted by Crippen LogP contribution is -2.32. The van der Waals surface area contributed by atoms with Crippen LogP contribution in [0, 0.1) is 0 Å². The van der Waals surface area contributed by atoms with E-state index < -0.39 is 6.17 Å². The van der Waals surface area contributed by atoms with Gasteiger partial charge in [-0.15, -0.1) is 16.4 Å². The van der Waals surface area contributed by atoms with Crippen LogP contribution in [-0.2, 0) is 14.9 Å². The zero-order chi connectivity index (χ0) is 26.1. The number of nitrogens with one attached hydrogen (secondary N) is 3. The minimum absolute atomic E-state index is 0.0808. The van der Waals surface area contributed by atoms with Crippen LogP contribution in [0.3, 0.4) is 0 Å². The number of hydrogen-bond acceptors (Lipinski definition) is 10. The van der Waals surface area contributed by atoms with Crippen molar-refractivity contribution in [1.29, 1.82) is 0 Å². The first-order valence-corrected chi connectivity index (χ1v) is 13.2. The highest BCUT2D eigenvalue weighted by Crippen LogP contribution is 2.51. The number of benzodiazepines with no additional fused rings is 1. The monoisotopic (exact) mass is 529 g/mol. The van der Waals surface area contributed by atoms with Crippen molar-refractivity contribution in [3.63, 3.8) is 0 Å². The smallest absolute Gasteiger partial charge is 0.317 e. The molecule has 1 amide bonds. The molecule has 4 aromatic rings. The number of aromatic nitrogens is 3. The highest BCUT2D eigenvalue weighted by atomic mass is 32.1. The van der Waals surface area contributed by atoms with Crippen molar-refractivity contribution in [1.82, 2.24) is 15.2 Å². The van der Waals surface area contributed by atoms with Gasteiger partial charge in [-0.3, -0.25) is 4.79 Å². The molecule has 1 saturated carbocycles. The van der Waals surface area contributed by atoms with E-state index in [-0.39, 0.29) is 23.2 Å². The Morgan fingerprint density at radius 1 is 1.13 bits per heavy atom. The number of fused-ring (bicyclic) bond motifs is 1. The van der Waals surface area contributed by atoms with Gasteiger partial charge in [0.2, 0.25) is 6.17 Å². The number of rotatable bonds is 9. The third-order valence-electron chi connectivity index (χ3n) is 6.62. The van der Waals surface area contributed by atoms with Gasteiger partial charge in [0.25, 0.3) is 11.8 Å². The van der Waals surface area contributed by atoms with Gasteiger partial charge < -0.3 is 25.1 Å². The number of carbonyl (C=O) groups is 1. The number of methoxy groups -OCH3 is 1. The number of thiazole rings is 1. The summed E-state index contributed by atoms with van der Waals surface area (Å²) >= 11 is 1.60. The second-order valence-corrected chi connectivity index (χ2v) is 10.5. The first-order chi connectivity index (χ1) is 18.5. The van der Waals surface area contributed by atoms with E-state index in [1.165, 1.54) is 0 Å². The molecule has 6 rings (SSSR count). The van der Waals surface area contributed by atoms with Crippen LogP contribution >= 0.6 is 11.3 Å². The van der Waals surface area contributed by atoms with Gasteiger partial charge in [-0.05, 0) is 18.9 Å². The van der Waals surface area contributed by atoms with Crippen LogP contribution < -0.4 is 16.0 Å². The minimum Gasteiger partial charge on any atom is -0.402 e. The van der Waals surface area contributed by atoms with Crippen molar-refractivity contribution in [2.24, 2.45) is 4.99 Å². The average molecular weight is 530 g/mol. The van der Waals surface area contributed by atoms with Crippen LogP contribution in [0.5, 0.6) is 0 Å². The topological polar surface area (TPSA) is 127 Å². The van der Waals surface area contributed by atoms with Crippen molar-refractivity contribution < 1.29 is 13.9 Å². The van der Waals surface area contributed by atoms with E-state index >= 15 is 0 Å². The maximum Gasteiger partial charge on any atom is 0.317 e. The van der Waals surface area contributed by atoms with Crippen LogP contribution in [0.25, 0.3) is 11.6 Å². The van der Waals surface area contributed by atoms with Crippen molar-refractivity contribution in [2.75, 3.05) is 36.2 Å². The zero-order valence-corrected chi connectivity index (χ0v) is 21.8. The predicted molar refractivity (Wildman–Crippen MR) is 147 cm³/mol. The van der Waals surface area contributed by atoms with Crippen molar-refractivity contribution in [3.8, 4) is 11.6 Å². The van der Waals surface area contributed by atoms with E-state index in [4.69, 9.17) is 19.1 Å². The molecule has 0 radical (unpaired) electrons. The molecule has 0 bridgehead atoms. The van der Waals surface area contributed by atoms with Crippen LogP contribution in [0.4, 0.5) is 16.7 Å². The molecule has 38 heavy (non-hydrogen) atoms. The van der Waals surface area contributed by atoms with E-state index in [2.05, 4.69) is 33.1 Å². The van der Waals surface area contributed by atoms with Crippen molar-refractivity contribution >= 4 is 39.7 Å². The van der Waals surface area contributed by atoms with Gasteiger partial charge in [0.05, 0.1) is 18.0 Å². The van der Waals surface area contributed by atoms with Gasteiger partial charge in [0, 0.05) is 30.2 Å². The van der Waals surface area contributed by atoms with E-state index in [1.807, 2.05) is 54.6 Å². The fourth-order valence-corrected chi connectivity index (χ4v) is 5.37. The highest BCUT2D eigenvalue weighted by Gasteiger charge is 2.43. The lowest BCUT2D eigenvalue weighted by atomic mass is 10.0. The van der Waals surface area contributed by atoms with E-state index in [0.29, 0.717) is 30.2 Å². The number of carbonyl (C=O) groups excluding carboxylic acids is 1. The Morgan fingerprint density at radius 2 is 1.92 bits per heavy atom. The number of amides is 1. The SMILES string of the molecule is COCCNc1sc(C2(C)CC2)nc1-c1nnc(NC2N=C(c3ccccc3)c3ccccc3NC2=O)o1. The van der Waals surface area contributed by atoms with Crippen molar-refractivity contribution in [3.05, 3.63) is 70.7 Å². The summed E-state index contributed by atoms with van der Waals surface area (Å²) in [6.45, 7) is 3.39. The fraction of sp³-hybridized carbons (Fsp3) is 0.296. The molecule has 1 unspecified atom stereocenters. The van der Waals surface area contributed by atoms with Gasteiger partial charge in [-0.2, -0.15) is 0 Å². The largest absolute Gasteiger partial charge is 0.402 e. The Balaban J connectivity index is 1.30. The summed E-state index contributed by atoms with van der Waals surface area (Å²) in [6, 6.07) is 17.4. The second kappa shape index (κ2) is 9.99. The Kier molecular flexibility index (Phi) is 6.38. The molecule has 1 aliphatic heterocycles. The molecule has 0 spiro atoms. The molecular formula is C27H27N7O3S. The summed E-state index contributed by atoms with van der Waals surface area (Å²) in [5.41, 5.74) is 3.79. The van der Waals surface area contributed by atoms with Crippen LogP contribution in [0.15, 0.2) is 64.0 Å². The Bertz CT molecular complexity index is 1490. The summed E-state index contributed by atoms with van der Waals surface area (Å²) in [6.07, 6.45) is 1.23. The van der Waals surface area contributed by atoms with Gasteiger partial charge >= 0.3 is 6.01 Å². The molecule has 0 saturated heterocycles. The minimum atomic E-state index is -0.985. The molecule has 2 aliphatic rings. The zero-order valence-electron chi connectivity index (χ0n) is 21.0. The molecule has 2 aromatic heterocycles. The number of ether oxygens (including phenoxy) is 1. The number of benzene rings is 2. The number of aliphatic imine (C=N–C) groups is 1. The lowest BCUT2D eigenvalue weighted by molar-refractivity contribution is -0.116. The first kappa shape index (κ1) is 24.3. The highest BCUT2D eigenvalue weighted by molar-refractivity contribution is 7.16. The Morgan fingerprint density at radius 3 is 2.71 bits per heavy atom. The van der Waals surface area contributed by atoms with E-state index in [0.717, 1.165) is 34.0 Å². The summed E-state index contributed by atoms with van der Waals surface area (Å²) in [4.78, 5) is 22.8. The van der Waals surface area contributed by atoms with Crippen LogP contribution in [0.2, 0.25) is 0 Å². The molecule has 3 N–H and O–H groups in total. The second-order valence-electron chi connectivity index (χ2n) is 9.51. The van der Waals surface area contributed by atoms with E-state index in [9.17, 15) is 4.79 Å². The number of hydrogen-bond donors (Lipinski definition) is 3. The summed E-state index contributed by atoms with van der Waals surface area (Å²) < 4.78 is 11.1. The predicted octanol–water partition coefficient (Wildman–Crippen LogP) is 4.53. The molecule has 11 heteroatoms. The average Bonchev–Trinajstić information content (AvgIpc) is 3.34. The Labute approximate surface area is 223 Å².